The summed E-state index contributed by atoms with van der Waals surface area (Å²) in [4.78, 5) is 45.8. The van der Waals surface area contributed by atoms with E-state index in [1.54, 1.807) is 29.2 Å². The molecule has 2 aromatic rings. The van der Waals surface area contributed by atoms with Crippen LogP contribution in [-0.2, 0) is 16.1 Å². The molecule has 1 saturated carbocycles. The minimum absolute atomic E-state index is 0.0956. The van der Waals surface area contributed by atoms with Crippen molar-refractivity contribution in [3.05, 3.63) is 64.7 Å². The third-order valence-electron chi connectivity index (χ3n) is 8.11. The summed E-state index contributed by atoms with van der Waals surface area (Å²) in [5, 5.41) is 3.41. The zero-order valence-corrected chi connectivity index (χ0v) is 21.7. The van der Waals surface area contributed by atoms with Crippen molar-refractivity contribution in [3.8, 4) is 0 Å². The molecule has 2 heterocycles. The summed E-state index contributed by atoms with van der Waals surface area (Å²) in [6, 6.07) is 13.7. The van der Waals surface area contributed by atoms with Gasteiger partial charge in [0.25, 0.3) is 5.91 Å². The Labute approximate surface area is 217 Å². The number of carbonyl (C=O) groups is 3. The largest absolute Gasteiger partial charge is 0.350 e. The predicted octanol–water partition coefficient (Wildman–Crippen LogP) is 4.22. The van der Waals surface area contributed by atoms with E-state index in [-0.39, 0.29) is 36.4 Å². The van der Waals surface area contributed by atoms with Crippen LogP contribution in [0, 0.1) is 18.8 Å². The molecule has 4 amide bonds. The van der Waals surface area contributed by atoms with E-state index >= 15 is 0 Å². The van der Waals surface area contributed by atoms with Crippen LogP contribution >= 0.6 is 11.6 Å². The van der Waals surface area contributed by atoms with Crippen LogP contribution in [0.25, 0.3) is 0 Å². The highest BCUT2D eigenvalue weighted by molar-refractivity contribution is 6.31. The fourth-order valence-corrected chi connectivity index (χ4v) is 6.49. The molecule has 5 atom stereocenters. The first-order chi connectivity index (χ1) is 17.2. The molecule has 36 heavy (non-hydrogen) atoms. The van der Waals surface area contributed by atoms with Crippen LogP contribution in [0.4, 0.5) is 10.5 Å². The third-order valence-corrected chi connectivity index (χ3v) is 8.34. The van der Waals surface area contributed by atoms with E-state index in [2.05, 4.69) is 17.1 Å². The standard InChI is InChI=1S/C28H33ClN4O3/c1-17-7-10-19(11-8-17)15-30-24(34)16-32-25-22-13-18(2)9-12-23(22)31(3)26(25)27(35)33(28(32)36)21-6-4-5-20(29)14-21/h4-8,10-11,14,18,22-23,25-26H,9,12-13,15-16H2,1-3H3,(H,30,34). The number of anilines is 1. The molecule has 3 fully saturated rings. The Balaban J connectivity index is 1.44. The fourth-order valence-electron chi connectivity index (χ4n) is 6.31. The van der Waals surface area contributed by atoms with Gasteiger partial charge in [-0.25, -0.2) is 9.69 Å². The maximum Gasteiger partial charge on any atom is 0.332 e. The molecule has 2 aromatic carbocycles. The number of halogens is 1. The van der Waals surface area contributed by atoms with Gasteiger partial charge in [-0.15, -0.1) is 0 Å². The lowest BCUT2D eigenvalue weighted by molar-refractivity contribution is -0.128. The van der Waals surface area contributed by atoms with Crippen molar-refractivity contribution in [1.82, 2.24) is 15.1 Å². The number of amides is 4. The summed E-state index contributed by atoms with van der Waals surface area (Å²) in [6.45, 7) is 4.54. The van der Waals surface area contributed by atoms with Crippen LogP contribution in [0.3, 0.4) is 0 Å². The van der Waals surface area contributed by atoms with Crippen molar-refractivity contribution >= 4 is 35.1 Å². The Hall–Kier alpha value is -2.90. The molecule has 8 heteroatoms. The highest BCUT2D eigenvalue weighted by atomic mass is 35.5. The van der Waals surface area contributed by atoms with E-state index in [1.165, 1.54) is 4.90 Å². The normalized spacial score (nSPS) is 28.2. The molecule has 2 aliphatic heterocycles. The molecule has 1 aliphatic carbocycles. The predicted molar refractivity (Wildman–Crippen MR) is 140 cm³/mol. The number of urea groups is 1. The van der Waals surface area contributed by atoms with Crippen molar-refractivity contribution in [3.63, 3.8) is 0 Å². The smallest absolute Gasteiger partial charge is 0.332 e. The van der Waals surface area contributed by atoms with Gasteiger partial charge in [0.1, 0.15) is 12.6 Å². The Kier molecular flexibility index (Phi) is 6.79. The number of aryl methyl sites for hydroxylation is 1. The quantitative estimate of drug-likeness (QED) is 0.656. The zero-order chi connectivity index (χ0) is 25.6. The second-order valence-electron chi connectivity index (χ2n) is 10.6. The summed E-state index contributed by atoms with van der Waals surface area (Å²) >= 11 is 6.21. The number of carbonyl (C=O) groups excluding carboxylic acids is 3. The van der Waals surface area contributed by atoms with Gasteiger partial charge in [0.15, 0.2) is 0 Å². The lowest BCUT2D eigenvalue weighted by atomic mass is 9.76. The third kappa shape index (κ3) is 4.50. The van der Waals surface area contributed by atoms with Crippen molar-refractivity contribution in [2.24, 2.45) is 11.8 Å². The molecular formula is C28H33ClN4O3. The van der Waals surface area contributed by atoms with Crippen LogP contribution in [0.15, 0.2) is 48.5 Å². The molecule has 1 N–H and O–H groups in total. The number of imide groups is 1. The number of likely N-dealkylation sites (tertiary alicyclic amines) is 1. The summed E-state index contributed by atoms with van der Waals surface area (Å²) < 4.78 is 0. The monoisotopic (exact) mass is 508 g/mol. The first kappa shape index (κ1) is 24.8. The number of hydrogen-bond acceptors (Lipinski definition) is 4. The molecule has 7 nitrogen and oxygen atoms in total. The molecule has 5 unspecified atom stereocenters. The van der Waals surface area contributed by atoms with Gasteiger partial charge in [-0.2, -0.15) is 0 Å². The molecule has 0 spiro atoms. The van der Waals surface area contributed by atoms with Crippen LogP contribution in [0.5, 0.6) is 0 Å². The maximum atomic E-state index is 13.9. The number of nitrogens with zero attached hydrogens (tertiary/aromatic N) is 3. The number of rotatable bonds is 5. The minimum Gasteiger partial charge on any atom is -0.350 e. The van der Waals surface area contributed by atoms with E-state index in [4.69, 9.17) is 11.6 Å². The highest BCUT2D eigenvalue weighted by Gasteiger charge is 2.59. The maximum absolute atomic E-state index is 13.9. The summed E-state index contributed by atoms with van der Waals surface area (Å²) in [5.74, 6) is 0.195. The Morgan fingerprint density at radius 1 is 1.11 bits per heavy atom. The number of likely N-dealkylation sites (N-methyl/N-ethyl adjacent to an activating group) is 1. The van der Waals surface area contributed by atoms with Crippen molar-refractivity contribution < 1.29 is 14.4 Å². The second-order valence-corrected chi connectivity index (χ2v) is 11.0. The molecule has 2 saturated heterocycles. The van der Waals surface area contributed by atoms with Gasteiger partial charge >= 0.3 is 6.03 Å². The van der Waals surface area contributed by atoms with Gasteiger partial charge < -0.3 is 10.2 Å². The second kappa shape index (κ2) is 9.87. The molecule has 0 bridgehead atoms. The lowest BCUT2D eigenvalue weighted by Gasteiger charge is -2.44. The van der Waals surface area contributed by atoms with Gasteiger partial charge in [0, 0.05) is 17.6 Å². The van der Waals surface area contributed by atoms with Crippen LogP contribution < -0.4 is 10.2 Å². The number of hydrogen-bond donors (Lipinski definition) is 1. The zero-order valence-electron chi connectivity index (χ0n) is 21.0. The van der Waals surface area contributed by atoms with E-state index in [1.807, 2.05) is 38.2 Å². The lowest BCUT2D eigenvalue weighted by Crippen LogP contribution is -2.67. The van der Waals surface area contributed by atoms with Crippen LogP contribution in [0.1, 0.15) is 37.3 Å². The molecular weight excluding hydrogens is 476 g/mol. The van der Waals surface area contributed by atoms with Crippen LogP contribution in [-0.4, -0.2) is 59.4 Å². The van der Waals surface area contributed by atoms with Crippen molar-refractivity contribution in [2.45, 2.75) is 57.8 Å². The van der Waals surface area contributed by atoms with Crippen LogP contribution in [0.2, 0.25) is 5.02 Å². The topological polar surface area (TPSA) is 73.0 Å². The Morgan fingerprint density at radius 2 is 1.86 bits per heavy atom. The average molecular weight is 509 g/mol. The molecule has 3 aliphatic rings. The average Bonchev–Trinajstić information content (AvgIpc) is 3.13. The van der Waals surface area contributed by atoms with Crippen molar-refractivity contribution in [1.29, 1.82) is 0 Å². The summed E-state index contributed by atoms with van der Waals surface area (Å²) in [5.41, 5.74) is 2.58. The Morgan fingerprint density at radius 3 is 2.58 bits per heavy atom. The fraction of sp³-hybridized carbons (Fsp3) is 0.464. The first-order valence-electron chi connectivity index (χ1n) is 12.7. The number of nitrogens with one attached hydrogen (secondary N) is 1. The van der Waals surface area contributed by atoms with Crippen molar-refractivity contribution in [2.75, 3.05) is 18.5 Å². The van der Waals surface area contributed by atoms with E-state index in [0.717, 1.165) is 30.4 Å². The number of benzene rings is 2. The van der Waals surface area contributed by atoms with Gasteiger partial charge in [-0.3, -0.25) is 14.5 Å². The van der Waals surface area contributed by atoms with Gasteiger partial charge in [0.05, 0.1) is 11.7 Å². The molecule has 190 valence electrons. The SMILES string of the molecule is Cc1ccc(CNC(=O)CN2C(=O)N(c3cccc(Cl)c3)C(=O)C3C2C2CC(C)CCC2N3C)cc1. The molecule has 0 radical (unpaired) electrons. The Bertz CT molecular complexity index is 1170. The summed E-state index contributed by atoms with van der Waals surface area (Å²) in [6.07, 6.45) is 3.03. The highest BCUT2D eigenvalue weighted by Crippen LogP contribution is 2.46. The minimum atomic E-state index is -0.494. The molecule has 0 aromatic heterocycles. The van der Waals surface area contributed by atoms with Gasteiger partial charge in [-0.1, -0.05) is 54.4 Å². The van der Waals surface area contributed by atoms with E-state index in [0.29, 0.717) is 23.2 Å². The van der Waals surface area contributed by atoms with Gasteiger partial charge in [0.2, 0.25) is 5.91 Å². The van der Waals surface area contributed by atoms with E-state index < -0.39 is 12.1 Å². The van der Waals surface area contributed by atoms with Gasteiger partial charge in [-0.05, 0) is 68.8 Å². The first-order valence-corrected chi connectivity index (χ1v) is 13.1. The molecule has 5 rings (SSSR count). The number of fused-ring (bicyclic) bond motifs is 3. The van der Waals surface area contributed by atoms with E-state index in [9.17, 15) is 14.4 Å². The summed E-state index contributed by atoms with van der Waals surface area (Å²) in [7, 11) is 1.98.